The Bertz CT molecular complexity index is 1710. The van der Waals surface area contributed by atoms with Crippen LogP contribution in [0.15, 0.2) is 41.3 Å². The van der Waals surface area contributed by atoms with Gasteiger partial charge in [0.05, 0.1) is 22.2 Å². The van der Waals surface area contributed by atoms with Gasteiger partial charge in [-0.15, -0.1) is 11.3 Å². The number of carbonyl (C=O) groups excluding carboxylic acids is 2. The molecule has 4 aromatic rings. The number of rotatable bonds is 3. The van der Waals surface area contributed by atoms with E-state index in [-0.39, 0.29) is 35.5 Å². The van der Waals surface area contributed by atoms with E-state index < -0.39 is 17.0 Å². The first-order valence-electron chi connectivity index (χ1n) is 12.7. The van der Waals surface area contributed by atoms with Crippen molar-refractivity contribution < 1.29 is 19.1 Å². The molecule has 38 heavy (non-hydrogen) atoms. The molecule has 1 saturated heterocycles. The molecule has 1 aliphatic heterocycles. The summed E-state index contributed by atoms with van der Waals surface area (Å²) in [5.41, 5.74) is 1.38. The van der Waals surface area contributed by atoms with Crippen molar-refractivity contribution in [2.75, 3.05) is 19.7 Å². The van der Waals surface area contributed by atoms with E-state index in [9.17, 15) is 14.4 Å². The minimum Gasteiger partial charge on any atom is -0.462 e. The number of carbonyl (C=O) groups is 2. The Labute approximate surface area is 222 Å². The minimum absolute atomic E-state index is 0.00810. The number of hydrogen-bond donors (Lipinski definition) is 0. The smallest absolute Gasteiger partial charge is 0.410 e. The molecule has 0 spiro atoms. The van der Waals surface area contributed by atoms with Crippen molar-refractivity contribution in [3.05, 3.63) is 58.1 Å². The number of aromatic nitrogens is 3. The molecule has 1 amide bonds. The molecule has 10 heteroatoms. The van der Waals surface area contributed by atoms with E-state index in [0.717, 1.165) is 22.2 Å². The predicted octanol–water partition coefficient (Wildman–Crippen LogP) is 4.90. The van der Waals surface area contributed by atoms with Crippen LogP contribution in [-0.4, -0.2) is 56.6 Å². The first kappa shape index (κ1) is 24.5. The molecule has 2 unspecified atom stereocenters. The molecule has 196 valence electrons. The molecule has 3 aromatic heterocycles. The van der Waals surface area contributed by atoms with Crippen LogP contribution in [0, 0.1) is 11.8 Å². The maximum Gasteiger partial charge on any atom is 0.410 e. The summed E-state index contributed by atoms with van der Waals surface area (Å²) in [6, 6.07) is 7.74. The molecule has 0 radical (unpaired) electrons. The van der Waals surface area contributed by atoms with E-state index >= 15 is 0 Å². The average Bonchev–Trinajstić information content (AvgIpc) is 3.54. The number of pyridine rings is 1. The maximum absolute atomic E-state index is 13.5. The van der Waals surface area contributed by atoms with E-state index in [1.54, 1.807) is 11.8 Å². The highest BCUT2D eigenvalue weighted by atomic mass is 32.1. The summed E-state index contributed by atoms with van der Waals surface area (Å²) in [4.78, 5) is 50.5. The lowest BCUT2D eigenvalue weighted by molar-refractivity contribution is 0.0285. The Hall–Kier alpha value is -3.79. The lowest BCUT2D eigenvalue weighted by Crippen LogP contribution is -2.35. The molecular weight excluding hydrogens is 504 g/mol. The van der Waals surface area contributed by atoms with Crippen LogP contribution in [0.5, 0.6) is 0 Å². The van der Waals surface area contributed by atoms with E-state index in [1.807, 2.05) is 49.4 Å². The number of amides is 1. The Morgan fingerprint density at radius 2 is 1.97 bits per heavy atom. The topological polar surface area (TPSA) is 103 Å². The molecule has 0 N–H and O–H groups in total. The molecule has 2 atom stereocenters. The van der Waals surface area contributed by atoms with E-state index in [0.29, 0.717) is 29.4 Å². The summed E-state index contributed by atoms with van der Waals surface area (Å²) in [5.74, 6) is 0.386. The normalized spacial score (nSPS) is 19.3. The third-order valence-corrected chi connectivity index (χ3v) is 8.13. The number of allylic oxidation sites excluding steroid dienone is 1. The van der Waals surface area contributed by atoms with E-state index in [2.05, 4.69) is 11.1 Å². The fourth-order valence-corrected chi connectivity index (χ4v) is 6.56. The fourth-order valence-electron chi connectivity index (χ4n) is 5.39. The van der Waals surface area contributed by atoms with Gasteiger partial charge in [0.2, 0.25) is 5.43 Å². The second-order valence-corrected chi connectivity index (χ2v) is 11.8. The molecular formula is C28H28N4O5S. The van der Waals surface area contributed by atoms with Crippen molar-refractivity contribution in [1.29, 1.82) is 0 Å². The lowest BCUT2D eigenvalue weighted by Gasteiger charge is -2.24. The highest BCUT2D eigenvalue weighted by Gasteiger charge is 2.40. The molecule has 1 aliphatic carbocycles. The third-order valence-electron chi connectivity index (χ3n) is 6.99. The van der Waals surface area contributed by atoms with Crippen molar-refractivity contribution in [3.63, 3.8) is 0 Å². The second-order valence-electron chi connectivity index (χ2n) is 10.8. The molecule has 9 nitrogen and oxygen atoms in total. The SMILES string of the molecule is CCOC(=O)c1c(=O)c2cnc(C3=CC4CN(C(=O)OC(C)(C)C)CC4C3)nc2n2c1sc1ccccc12. The molecule has 1 fully saturated rings. The number of likely N-dealkylation sites (tertiary alicyclic amines) is 1. The van der Waals surface area contributed by atoms with Gasteiger partial charge in [0, 0.05) is 25.2 Å². The number of benzene rings is 1. The quantitative estimate of drug-likeness (QED) is 0.346. The van der Waals surface area contributed by atoms with Gasteiger partial charge in [-0.25, -0.2) is 19.6 Å². The maximum atomic E-state index is 13.5. The monoisotopic (exact) mass is 532 g/mol. The van der Waals surface area contributed by atoms with Crippen LogP contribution < -0.4 is 5.43 Å². The fraction of sp³-hybridized carbons (Fsp3) is 0.393. The second kappa shape index (κ2) is 8.90. The molecule has 1 aromatic carbocycles. The van der Waals surface area contributed by atoms with Crippen molar-refractivity contribution in [3.8, 4) is 0 Å². The van der Waals surface area contributed by atoms with Gasteiger partial charge in [-0.3, -0.25) is 9.20 Å². The zero-order valence-electron chi connectivity index (χ0n) is 21.7. The largest absolute Gasteiger partial charge is 0.462 e. The molecule has 4 heterocycles. The van der Waals surface area contributed by atoms with Crippen LogP contribution in [-0.2, 0) is 9.47 Å². The van der Waals surface area contributed by atoms with Gasteiger partial charge in [0.15, 0.2) is 11.5 Å². The minimum atomic E-state index is -0.645. The van der Waals surface area contributed by atoms with Crippen LogP contribution in [0.3, 0.4) is 0 Å². The summed E-state index contributed by atoms with van der Waals surface area (Å²) in [7, 11) is 0. The van der Waals surface area contributed by atoms with Crippen LogP contribution in [0.1, 0.15) is 50.3 Å². The number of ether oxygens (including phenoxy) is 2. The standard InChI is InChI=1S/C28H28N4O5S/c1-5-36-26(34)21-22(33)18-12-29-23(30-24(18)32-19-8-6-7-9-20(19)38-25(21)32)15-10-16-13-31(14-17(16)11-15)27(35)37-28(2,3)4/h6-10,12,16-17H,5,11,13-14H2,1-4H3. The van der Waals surface area contributed by atoms with E-state index in [4.69, 9.17) is 14.5 Å². The summed E-state index contributed by atoms with van der Waals surface area (Å²) in [5, 5.41) is 0.271. The molecule has 0 saturated carbocycles. The Kier molecular flexibility index (Phi) is 5.75. The number of fused-ring (bicyclic) bond motifs is 6. The molecule has 2 aliphatic rings. The number of para-hydroxylation sites is 1. The number of thiazole rings is 1. The zero-order valence-corrected chi connectivity index (χ0v) is 22.5. The predicted molar refractivity (Wildman–Crippen MR) is 145 cm³/mol. The van der Waals surface area contributed by atoms with Gasteiger partial charge in [-0.05, 0) is 57.7 Å². The van der Waals surface area contributed by atoms with Gasteiger partial charge in [-0.1, -0.05) is 18.2 Å². The third kappa shape index (κ3) is 4.03. The first-order chi connectivity index (χ1) is 18.1. The van der Waals surface area contributed by atoms with E-state index in [1.165, 1.54) is 17.5 Å². The van der Waals surface area contributed by atoms with Crippen molar-refractivity contribution >= 4 is 55.1 Å². The Balaban J connectivity index is 1.42. The van der Waals surface area contributed by atoms with Crippen molar-refractivity contribution in [2.45, 2.75) is 39.7 Å². The number of esters is 1. The van der Waals surface area contributed by atoms with Crippen molar-refractivity contribution in [2.24, 2.45) is 11.8 Å². The van der Waals surface area contributed by atoms with Gasteiger partial charge < -0.3 is 14.4 Å². The highest BCUT2D eigenvalue weighted by Crippen LogP contribution is 2.41. The molecule has 0 bridgehead atoms. The van der Waals surface area contributed by atoms with Crippen LogP contribution >= 0.6 is 11.3 Å². The first-order valence-corrected chi connectivity index (χ1v) is 13.6. The zero-order chi connectivity index (χ0) is 26.8. The van der Waals surface area contributed by atoms with Crippen molar-refractivity contribution in [1.82, 2.24) is 19.3 Å². The number of nitrogens with zero attached hydrogens (tertiary/aromatic N) is 4. The lowest BCUT2D eigenvalue weighted by atomic mass is 10.00. The Morgan fingerprint density at radius 1 is 1.18 bits per heavy atom. The summed E-state index contributed by atoms with van der Waals surface area (Å²) < 4.78 is 13.6. The number of hydrogen-bond acceptors (Lipinski definition) is 8. The summed E-state index contributed by atoms with van der Waals surface area (Å²) >= 11 is 1.37. The van der Waals surface area contributed by atoms with Gasteiger partial charge in [0.25, 0.3) is 0 Å². The average molecular weight is 533 g/mol. The van der Waals surface area contributed by atoms with Crippen LogP contribution in [0.2, 0.25) is 0 Å². The van der Waals surface area contributed by atoms with Gasteiger partial charge >= 0.3 is 12.1 Å². The Morgan fingerprint density at radius 3 is 2.71 bits per heavy atom. The molecule has 6 rings (SSSR count). The van der Waals surface area contributed by atoms with Crippen LogP contribution in [0.4, 0.5) is 4.79 Å². The highest BCUT2D eigenvalue weighted by molar-refractivity contribution is 7.24. The van der Waals surface area contributed by atoms with Crippen LogP contribution in [0.25, 0.3) is 31.7 Å². The summed E-state index contributed by atoms with van der Waals surface area (Å²) in [6.07, 6.45) is 4.12. The van der Waals surface area contributed by atoms with Gasteiger partial charge in [0.1, 0.15) is 16.0 Å². The van der Waals surface area contributed by atoms with Gasteiger partial charge in [-0.2, -0.15) is 0 Å². The summed E-state index contributed by atoms with van der Waals surface area (Å²) in [6.45, 7) is 8.70.